The fourth-order valence-corrected chi connectivity index (χ4v) is 2.83. The zero-order chi connectivity index (χ0) is 17.5. The van der Waals surface area contributed by atoms with Gasteiger partial charge in [-0.3, -0.25) is 9.59 Å². The van der Waals surface area contributed by atoms with Crippen molar-refractivity contribution < 1.29 is 23.8 Å². The molecule has 24 heavy (non-hydrogen) atoms. The highest BCUT2D eigenvalue weighted by molar-refractivity contribution is 5.95. The van der Waals surface area contributed by atoms with Gasteiger partial charge in [0.1, 0.15) is 12.2 Å². The van der Waals surface area contributed by atoms with Gasteiger partial charge >= 0.3 is 5.97 Å². The largest absolute Gasteiger partial charge is 0.466 e. The van der Waals surface area contributed by atoms with Crippen molar-refractivity contribution in [2.24, 2.45) is 0 Å². The molecule has 0 amide bonds. The molecule has 1 rings (SSSR count). The van der Waals surface area contributed by atoms with Crippen molar-refractivity contribution in [1.29, 1.82) is 0 Å². The van der Waals surface area contributed by atoms with Crippen LogP contribution in [0.1, 0.15) is 84.0 Å². The third-order valence-electron chi connectivity index (χ3n) is 4.19. The van der Waals surface area contributed by atoms with Crippen LogP contribution in [-0.2, 0) is 23.8 Å². The number of ether oxygens (including phenoxy) is 3. The van der Waals surface area contributed by atoms with Gasteiger partial charge in [-0.15, -0.1) is 0 Å². The zero-order valence-electron chi connectivity index (χ0n) is 15.2. The van der Waals surface area contributed by atoms with Crippen LogP contribution in [0.3, 0.4) is 0 Å². The van der Waals surface area contributed by atoms with Crippen LogP contribution < -0.4 is 0 Å². The molecule has 0 spiro atoms. The van der Waals surface area contributed by atoms with Crippen LogP contribution in [0.5, 0.6) is 0 Å². The Kier molecular flexibility index (Phi) is 12.7. The third-order valence-corrected chi connectivity index (χ3v) is 4.19. The molecule has 1 heterocycles. The van der Waals surface area contributed by atoms with E-state index in [1.54, 1.807) is 6.92 Å². The fourth-order valence-electron chi connectivity index (χ4n) is 2.83. The number of rotatable bonds is 14. The Balaban J connectivity index is 1.80. The summed E-state index contributed by atoms with van der Waals surface area (Å²) in [5.74, 6) is -0.404. The van der Waals surface area contributed by atoms with Gasteiger partial charge in [0.15, 0.2) is 6.29 Å². The molecule has 0 radical (unpaired) electrons. The van der Waals surface area contributed by atoms with Crippen LogP contribution in [0.2, 0.25) is 0 Å². The highest BCUT2D eigenvalue weighted by atomic mass is 16.7. The van der Waals surface area contributed by atoms with Crippen molar-refractivity contribution in [2.45, 2.75) is 90.3 Å². The summed E-state index contributed by atoms with van der Waals surface area (Å²) in [7, 11) is 0. The van der Waals surface area contributed by atoms with Crippen molar-refractivity contribution in [3.63, 3.8) is 0 Å². The Morgan fingerprint density at radius 3 is 2.38 bits per heavy atom. The highest BCUT2D eigenvalue weighted by Crippen LogP contribution is 2.15. The number of esters is 1. The number of ketones is 1. The lowest BCUT2D eigenvalue weighted by Crippen LogP contribution is -2.22. The van der Waals surface area contributed by atoms with Crippen LogP contribution in [0.25, 0.3) is 0 Å². The molecule has 0 saturated carbocycles. The first-order valence-corrected chi connectivity index (χ1v) is 9.63. The molecule has 1 unspecified atom stereocenters. The number of carbonyl (C=O) groups is 2. The number of carbonyl (C=O) groups excluding carboxylic acids is 2. The summed E-state index contributed by atoms with van der Waals surface area (Å²) in [5.41, 5.74) is 0. The van der Waals surface area contributed by atoms with Gasteiger partial charge in [-0.2, -0.15) is 0 Å². The van der Waals surface area contributed by atoms with Crippen LogP contribution >= 0.6 is 0 Å². The predicted octanol–water partition coefficient (Wildman–Crippen LogP) is 4.17. The molecule has 0 bridgehead atoms. The van der Waals surface area contributed by atoms with Crippen molar-refractivity contribution in [3.8, 4) is 0 Å². The van der Waals surface area contributed by atoms with Crippen molar-refractivity contribution in [1.82, 2.24) is 0 Å². The minimum absolute atomic E-state index is 0.00414. The average molecular weight is 342 g/mol. The second-order valence-electron chi connectivity index (χ2n) is 6.41. The van der Waals surface area contributed by atoms with E-state index >= 15 is 0 Å². The second kappa shape index (κ2) is 14.4. The van der Waals surface area contributed by atoms with Gasteiger partial charge in [0.2, 0.25) is 0 Å². The first-order valence-electron chi connectivity index (χ1n) is 9.63. The van der Waals surface area contributed by atoms with Crippen LogP contribution in [0, 0.1) is 0 Å². The minimum Gasteiger partial charge on any atom is -0.466 e. The summed E-state index contributed by atoms with van der Waals surface area (Å²) in [6, 6.07) is 0. The molecular weight excluding hydrogens is 308 g/mol. The molecule has 0 aliphatic carbocycles. The maximum Gasteiger partial charge on any atom is 0.313 e. The van der Waals surface area contributed by atoms with Crippen molar-refractivity contribution in [2.75, 3.05) is 19.8 Å². The van der Waals surface area contributed by atoms with Gasteiger partial charge in [-0.25, -0.2) is 0 Å². The molecule has 5 nitrogen and oxygen atoms in total. The molecule has 0 aromatic rings. The Hall–Kier alpha value is -0.940. The molecule has 0 aromatic carbocycles. The minimum atomic E-state index is -0.400. The van der Waals surface area contributed by atoms with E-state index in [0.717, 1.165) is 51.7 Å². The Morgan fingerprint density at radius 1 is 1.00 bits per heavy atom. The molecule has 1 aliphatic heterocycles. The molecule has 0 N–H and O–H groups in total. The molecule has 0 aromatic heterocycles. The molecule has 1 atom stereocenters. The molecule has 1 fully saturated rings. The van der Waals surface area contributed by atoms with Gasteiger partial charge < -0.3 is 14.2 Å². The summed E-state index contributed by atoms with van der Waals surface area (Å²) in [6.45, 7) is 3.73. The van der Waals surface area contributed by atoms with Crippen molar-refractivity contribution >= 4 is 11.8 Å². The Morgan fingerprint density at radius 2 is 1.71 bits per heavy atom. The van der Waals surface area contributed by atoms with E-state index in [-0.39, 0.29) is 18.5 Å². The Labute approximate surface area is 146 Å². The lowest BCUT2D eigenvalue weighted by Gasteiger charge is -2.22. The van der Waals surface area contributed by atoms with Gasteiger partial charge in [-0.1, -0.05) is 32.1 Å². The quantitative estimate of drug-likeness (QED) is 0.269. The van der Waals surface area contributed by atoms with E-state index in [1.165, 1.54) is 25.7 Å². The smallest absolute Gasteiger partial charge is 0.313 e. The number of hydrogen-bond donors (Lipinski definition) is 0. The summed E-state index contributed by atoms with van der Waals surface area (Å²) in [6.07, 6.45) is 11.7. The standard InChI is InChI=1S/C19H34O5/c1-2-22-18(21)16-17(20)12-8-6-4-3-5-7-10-14-23-19-13-9-11-15-24-19/h19H,2-16H2,1H3. The number of unbranched alkanes of at least 4 members (excludes halogenated alkanes) is 6. The van der Waals surface area contributed by atoms with Crippen LogP contribution in [0.4, 0.5) is 0 Å². The van der Waals surface area contributed by atoms with Gasteiger partial charge in [0.25, 0.3) is 0 Å². The normalized spacial score (nSPS) is 17.6. The molecule has 140 valence electrons. The first kappa shape index (κ1) is 21.1. The van der Waals surface area contributed by atoms with Crippen molar-refractivity contribution in [3.05, 3.63) is 0 Å². The third kappa shape index (κ3) is 11.6. The van der Waals surface area contributed by atoms with E-state index in [9.17, 15) is 9.59 Å². The molecule has 1 saturated heterocycles. The average Bonchev–Trinajstić information content (AvgIpc) is 2.57. The van der Waals surface area contributed by atoms with E-state index in [0.29, 0.717) is 13.0 Å². The summed E-state index contributed by atoms with van der Waals surface area (Å²) >= 11 is 0. The Bertz CT molecular complexity index is 337. The summed E-state index contributed by atoms with van der Waals surface area (Å²) in [5, 5.41) is 0. The molecule has 5 heteroatoms. The highest BCUT2D eigenvalue weighted by Gasteiger charge is 2.13. The summed E-state index contributed by atoms with van der Waals surface area (Å²) < 4.78 is 16.0. The second-order valence-corrected chi connectivity index (χ2v) is 6.41. The van der Waals surface area contributed by atoms with Gasteiger partial charge in [-0.05, 0) is 39.0 Å². The van der Waals surface area contributed by atoms with Crippen LogP contribution in [-0.4, -0.2) is 37.9 Å². The van der Waals surface area contributed by atoms with Gasteiger partial charge in [0, 0.05) is 19.6 Å². The SMILES string of the molecule is CCOC(=O)CC(=O)CCCCCCCCCOC1CCCCO1. The predicted molar refractivity (Wildman–Crippen MR) is 92.7 cm³/mol. The zero-order valence-corrected chi connectivity index (χ0v) is 15.2. The molecule has 1 aliphatic rings. The molecular formula is C19H34O5. The monoisotopic (exact) mass is 342 g/mol. The maximum absolute atomic E-state index is 11.5. The topological polar surface area (TPSA) is 61.8 Å². The lowest BCUT2D eigenvalue weighted by atomic mass is 10.1. The number of hydrogen-bond acceptors (Lipinski definition) is 5. The van der Waals surface area contributed by atoms with E-state index in [4.69, 9.17) is 14.2 Å². The first-order chi connectivity index (χ1) is 11.7. The van der Waals surface area contributed by atoms with E-state index < -0.39 is 5.97 Å². The van der Waals surface area contributed by atoms with Gasteiger partial charge in [0.05, 0.1) is 6.61 Å². The van der Waals surface area contributed by atoms with Crippen LogP contribution in [0.15, 0.2) is 0 Å². The maximum atomic E-state index is 11.5. The fraction of sp³-hybridized carbons (Fsp3) is 0.895. The number of Topliss-reactive ketones (excluding diaryl/α,β-unsaturated/α-hetero) is 1. The lowest BCUT2D eigenvalue weighted by molar-refractivity contribution is -0.162. The summed E-state index contributed by atoms with van der Waals surface area (Å²) in [4.78, 5) is 22.7. The van der Waals surface area contributed by atoms with E-state index in [2.05, 4.69) is 0 Å². The van der Waals surface area contributed by atoms with E-state index in [1.807, 2.05) is 0 Å².